The third-order valence-corrected chi connectivity index (χ3v) is 5.55. The van der Waals surface area contributed by atoms with E-state index in [4.69, 9.17) is 9.47 Å². The van der Waals surface area contributed by atoms with Gasteiger partial charge in [0.1, 0.15) is 0 Å². The Morgan fingerprint density at radius 2 is 1.22 bits per heavy atom. The molecular formula is C21H43N3O3. The van der Waals surface area contributed by atoms with Gasteiger partial charge in [0.15, 0.2) is 0 Å². The minimum Gasteiger partial charge on any atom is -0.392 e. The summed E-state index contributed by atoms with van der Waals surface area (Å²) in [5.41, 5.74) is 0. The van der Waals surface area contributed by atoms with Crippen LogP contribution < -0.4 is 0 Å². The van der Waals surface area contributed by atoms with Crippen LogP contribution in [0.25, 0.3) is 0 Å². The quantitative estimate of drug-likeness (QED) is 0.408. The SMILES string of the molecule is CC(O)CN(CCCOCCN1CCCC1)CCCOCCN1CCCC1. The molecule has 1 N–H and O–H groups in total. The van der Waals surface area contributed by atoms with Crippen molar-refractivity contribution in [3.8, 4) is 0 Å². The van der Waals surface area contributed by atoms with E-state index in [0.717, 1.165) is 72.0 Å². The minimum atomic E-state index is -0.280. The highest BCUT2D eigenvalue weighted by molar-refractivity contribution is 4.66. The summed E-state index contributed by atoms with van der Waals surface area (Å²) in [5, 5.41) is 9.73. The molecule has 0 radical (unpaired) electrons. The summed E-state index contributed by atoms with van der Waals surface area (Å²) >= 11 is 0. The van der Waals surface area contributed by atoms with Gasteiger partial charge in [-0.1, -0.05) is 0 Å². The Kier molecular flexibility index (Phi) is 12.6. The lowest BCUT2D eigenvalue weighted by Gasteiger charge is -2.24. The number of aliphatic hydroxyl groups excluding tert-OH is 1. The predicted molar refractivity (Wildman–Crippen MR) is 110 cm³/mol. The lowest BCUT2D eigenvalue weighted by molar-refractivity contribution is 0.0768. The average Bonchev–Trinajstić information content (AvgIpc) is 3.34. The van der Waals surface area contributed by atoms with E-state index in [-0.39, 0.29) is 6.10 Å². The summed E-state index contributed by atoms with van der Waals surface area (Å²) in [6, 6.07) is 0. The topological polar surface area (TPSA) is 48.4 Å². The zero-order valence-corrected chi connectivity index (χ0v) is 17.6. The van der Waals surface area contributed by atoms with E-state index in [1.54, 1.807) is 0 Å². The Bertz CT molecular complexity index is 318. The standard InChI is InChI=1S/C21H43N3O3/c1-21(25)20-24(12-6-16-26-18-14-22-8-2-3-9-22)13-7-17-27-19-15-23-10-4-5-11-23/h21,25H,2-20H2,1H3. The van der Waals surface area contributed by atoms with Gasteiger partial charge in [0, 0.05) is 45.9 Å². The normalized spacial score (nSPS) is 20.1. The van der Waals surface area contributed by atoms with Gasteiger partial charge in [-0.05, 0) is 71.6 Å². The Morgan fingerprint density at radius 1 is 0.778 bits per heavy atom. The molecule has 0 saturated carbocycles. The summed E-state index contributed by atoms with van der Waals surface area (Å²) in [6.07, 6.45) is 7.15. The van der Waals surface area contributed by atoms with Crippen molar-refractivity contribution in [2.75, 3.05) is 85.3 Å². The molecule has 0 amide bonds. The van der Waals surface area contributed by atoms with E-state index in [2.05, 4.69) is 14.7 Å². The molecule has 2 aliphatic rings. The second-order valence-corrected chi connectivity index (χ2v) is 8.18. The van der Waals surface area contributed by atoms with Crippen molar-refractivity contribution in [1.29, 1.82) is 0 Å². The van der Waals surface area contributed by atoms with Gasteiger partial charge in [0.05, 0.1) is 19.3 Å². The number of ether oxygens (including phenoxy) is 2. The Balaban J connectivity index is 1.43. The predicted octanol–water partition coefficient (Wildman–Crippen LogP) is 1.67. The molecule has 6 heteroatoms. The third kappa shape index (κ3) is 11.4. The molecule has 160 valence electrons. The van der Waals surface area contributed by atoms with E-state index in [1.807, 2.05) is 6.92 Å². The van der Waals surface area contributed by atoms with Crippen LogP contribution in [-0.4, -0.2) is 111 Å². The van der Waals surface area contributed by atoms with Gasteiger partial charge in [0.2, 0.25) is 0 Å². The first-order chi connectivity index (χ1) is 13.2. The highest BCUT2D eigenvalue weighted by Crippen LogP contribution is 2.07. The molecule has 2 rings (SSSR count). The lowest BCUT2D eigenvalue weighted by atomic mass is 10.3. The Hall–Kier alpha value is -0.240. The minimum absolute atomic E-state index is 0.280. The number of hydrogen-bond acceptors (Lipinski definition) is 6. The van der Waals surface area contributed by atoms with Crippen LogP contribution >= 0.6 is 0 Å². The summed E-state index contributed by atoms with van der Waals surface area (Å²) in [7, 11) is 0. The molecule has 2 fully saturated rings. The van der Waals surface area contributed by atoms with Crippen LogP contribution in [0, 0.1) is 0 Å². The van der Waals surface area contributed by atoms with Gasteiger partial charge in [-0.25, -0.2) is 0 Å². The Morgan fingerprint density at radius 3 is 1.63 bits per heavy atom. The molecule has 2 aliphatic heterocycles. The van der Waals surface area contributed by atoms with Crippen molar-refractivity contribution in [2.45, 2.75) is 51.6 Å². The molecule has 1 unspecified atom stereocenters. The van der Waals surface area contributed by atoms with E-state index < -0.39 is 0 Å². The first kappa shape index (κ1) is 23.0. The number of rotatable bonds is 16. The van der Waals surface area contributed by atoms with E-state index in [0.29, 0.717) is 0 Å². The van der Waals surface area contributed by atoms with Gasteiger partial charge >= 0.3 is 0 Å². The molecule has 0 aromatic carbocycles. The van der Waals surface area contributed by atoms with Crippen LogP contribution in [0.15, 0.2) is 0 Å². The highest BCUT2D eigenvalue weighted by Gasteiger charge is 2.12. The number of nitrogens with zero attached hydrogens (tertiary/aromatic N) is 3. The molecule has 1 atom stereocenters. The number of likely N-dealkylation sites (tertiary alicyclic amines) is 2. The van der Waals surface area contributed by atoms with Gasteiger partial charge in [-0.15, -0.1) is 0 Å². The second kappa shape index (κ2) is 14.7. The molecule has 2 saturated heterocycles. The fourth-order valence-corrected chi connectivity index (χ4v) is 4.05. The molecule has 0 spiro atoms. The van der Waals surface area contributed by atoms with Gasteiger partial charge in [0.25, 0.3) is 0 Å². The molecule has 6 nitrogen and oxygen atoms in total. The maximum atomic E-state index is 9.73. The monoisotopic (exact) mass is 385 g/mol. The van der Waals surface area contributed by atoms with E-state index in [1.165, 1.54) is 51.9 Å². The molecule has 0 aromatic rings. The van der Waals surface area contributed by atoms with Gasteiger partial charge in [-0.3, -0.25) is 0 Å². The van der Waals surface area contributed by atoms with Crippen molar-refractivity contribution in [2.24, 2.45) is 0 Å². The third-order valence-electron chi connectivity index (χ3n) is 5.55. The molecule has 27 heavy (non-hydrogen) atoms. The van der Waals surface area contributed by atoms with E-state index in [9.17, 15) is 5.11 Å². The number of aliphatic hydroxyl groups is 1. The largest absolute Gasteiger partial charge is 0.392 e. The molecule has 2 heterocycles. The van der Waals surface area contributed by atoms with Crippen molar-refractivity contribution in [1.82, 2.24) is 14.7 Å². The molecule has 0 bridgehead atoms. The van der Waals surface area contributed by atoms with Gasteiger partial charge in [-0.2, -0.15) is 0 Å². The summed E-state index contributed by atoms with van der Waals surface area (Å²) in [5.74, 6) is 0. The van der Waals surface area contributed by atoms with Gasteiger partial charge < -0.3 is 29.3 Å². The van der Waals surface area contributed by atoms with Crippen molar-refractivity contribution < 1.29 is 14.6 Å². The first-order valence-electron chi connectivity index (χ1n) is 11.2. The van der Waals surface area contributed by atoms with Crippen LogP contribution in [0.2, 0.25) is 0 Å². The van der Waals surface area contributed by atoms with Crippen LogP contribution in [-0.2, 0) is 9.47 Å². The van der Waals surface area contributed by atoms with Crippen LogP contribution in [0.3, 0.4) is 0 Å². The Labute approximate surface area is 166 Å². The smallest absolute Gasteiger partial charge is 0.0639 e. The fourth-order valence-electron chi connectivity index (χ4n) is 4.05. The molecule has 0 aromatic heterocycles. The van der Waals surface area contributed by atoms with Crippen molar-refractivity contribution >= 4 is 0 Å². The second-order valence-electron chi connectivity index (χ2n) is 8.18. The van der Waals surface area contributed by atoms with Crippen LogP contribution in [0.4, 0.5) is 0 Å². The zero-order chi connectivity index (χ0) is 19.2. The maximum absolute atomic E-state index is 9.73. The van der Waals surface area contributed by atoms with Crippen LogP contribution in [0.5, 0.6) is 0 Å². The summed E-state index contributed by atoms with van der Waals surface area (Å²) in [4.78, 5) is 7.32. The van der Waals surface area contributed by atoms with Crippen LogP contribution in [0.1, 0.15) is 45.4 Å². The highest BCUT2D eigenvalue weighted by atomic mass is 16.5. The number of hydrogen-bond donors (Lipinski definition) is 1. The average molecular weight is 386 g/mol. The zero-order valence-electron chi connectivity index (χ0n) is 17.6. The summed E-state index contributed by atoms with van der Waals surface area (Å²) in [6.45, 7) is 15.0. The fraction of sp³-hybridized carbons (Fsp3) is 1.00. The molecular weight excluding hydrogens is 342 g/mol. The summed E-state index contributed by atoms with van der Waals surface area (Å²) < 4.78 is 11.6. The lowest BCUT2D eigenvalue weighted by Crippen LogP contribution is -2.34. The van der Waals surface area contributed by atoms with Crippen molar-refractivity contribution in [3.05, 3.63) is 0 Å². The maximum Gasteiger partial charge on any atom is 0.0639 e. The van der Waals surface area contributed by atoms with E-state index >= 15 is 0 Å². The van der Waals surface area contributed by atoms with Crippen molar-refractivity contribution in [3.63, 3.8) is 0 Å². The first-order valence-corrected chi connectivity index (χ1v) is 11.2. The molecule has 0 aliphatic carbocycles.